The van der Waals surface area contributed by atoms with Crippen LogP contribution in [-0.2, 0) is 11.3 Å². The van der Waals surface area contributed by atoms with Crippen LogP contribution in [0, 0.1) is 10.1 Å². The van der Waals surface area contributed by atoms with E-state index in [9.17, 15) is 19.7 Å². The zero-order valence-corrected chi connectivity index (χ0v) is 25.6. The number of benzene rings is 4. The Hall–Kier alpha value is -4.98. The third-order valence-electron chi connectivity index (χ3n) is 6.89. The Kier molecular flexibility index (Phi) is 10.5. The average molecular weight is 595 g/mol. The van der Waals surface area contributed by atoms with Crippen LogP contribution in [0.1, 0.15) is 73.2 Å². The highest BCUT2D eigenvalue weighted by atomic mass is 16.6. The first-order chi connectivity index (χ1) is 21.1. The largest absolute Gasteiger partial charge is 0.488 e. The van der Waals surface area contributed by atoms with Crippen molar-refractivity contribution in [3.05, 3.63) is 124 Å². The number of rotatable bonds is 12. The molecule has 0 unspecified atom stereocenters. The molecule has 0 fully saturated rings. The average Bonchev–Trinajstić information content (AvgIpc) is 3.01. The number of hydrogen-bond donors (Lipinski definition) is 0. The first-order valence-corrected chi connectivity index (χ1v) is 14.8. The van der Waals surface area contributed by atoms with Gasteiger partial charge in [0.25, 0.3) is 11.6 Å². The first kappa shape index (κ1) is 31.9. The van der Waals surface area contributed by atoms with E-state index in [1.54, 1.807) is 31.7 Å². The van der Waals surface area contributed by atoms with E-state index in [0.717, 1.165) is 29.5 Å². The van der Waals surface area contributed by atoms with Gasteiger partial charge in [-0.15, -0.1) is 0 Å². The predicted molar refractivity (Wildman–Crippen MR) is 172 cm³/mol. The molecule has 0 bridgehead atoms. The zero-order valence-electron chi connectivity index (χ0n) is 25.6. The molecule has 0 aliphatic carbocycles. The lowest BCUT2D eigenvalue weighted by molar-refractivity contribution is -0.384. The van der Waals surface area contributed by atoms with Gasteiger partial charge >= 0.3 is 5.97 Å². The lowest BCUT2D eigenvalue weighted by atomic mass is 10.0. The number of nitrogens with zero attached hydrogens (tertiary/aromatic N) is 2. The Balaban J connectivity index is 1.84. The molecular weight excluding hydrogens is 556 g/mol. The maximum absolute atomic E-state index is 14.5. The third-order valence-corrected chi connectivity index (χ3v) is 6.89. The van der Waals surface area contributed by atoms with Crippen LogP contribution in [0.2, 0.25) is 0 Å². The summed E-state index contributed by atoms with van der Waals surface area (Å²) < 4.78 is 11.8. The van der Waals surface area contributed by atoms with Crippen molar-refractivity contribution in [2.24, 2.45) is 0 Å². The van der Waals surface area contributed by atoms with Gasteiger partial charge in [-0.25, -0.2) is 4.79 Å². The van der Waals surface area contributed by atoms with Crippen LogP contribution >= 0.6 is 0 Å². The minimum atomic E-state index is -0.750. The molecule has 4 rings (SSSR count). The van der Waals surface area contributed by atoms with Crippen molar-refractivity contribution >= 4 is 23.3 Å². The molecule has 44 heavy (non-hydrogen) atoms. The summed E-state index contributed by atoms with van der Waals surface area (Å²) in [6.07, 6.45) is 2.47. The van der Waals surface area contributed by atoms with E-state index in [-0.39, 0.29) is 29.2 Å². The monoisotopic (exact) mass is 594 g/mol. The SMILES string of the molecule is CCCCCN(C(=O)c1ccc([N+](=O)[O-])cc1OCc1ccccc1)c1cc(-c2ccccc2)ccc1C(=O)OC(C)(C)C. The van der Waals surface area contributed by atoms with Gasteiger partial charge in [0.2, 0.25) is 0 Å². The highest BCUT2D eigenvalue weighted by molar-refractivity contribution is 6.11. The van der Waals surface area contributed by atoms with Gasteiger partial charge in [0, 0.05) is 12.6 Å². The van der Waals surface area contributed by atoms with E-state index in [1.165, 1.54) is 18.2 Å². The van der Waals surface area contributed by atoms with E-state index >= 15 is 0 Å². The second kappa shape index (κ2) is 14.5. The van der Waals surface area contributed by atoms with Gasteiger partial charge in [0.05, 0.1) is 27.8 Å². The van der Waals surface area contributed by atoms with Crippen molar-refractivity contribution in [1.82, 2.24) is 0 Å². The maximum atomic E-state index is 14.5. The van der Waals surface area contributed by atoms with E-state index < -0.39 is 22.4 Å². The predicted octanol–water partition coefficient (Wildman–Crippen LogP) is 8.63. The minimum Gasteiger partial charge on any atom is -0.488 e. The van der Waals surface area contributed by atoms with Crippen molar-refractivity contribution in [3.63, 3.8) is 0 Å². The van der Waals surface area contributed by atoms with Crippen LogP contribution in [0.3, 0.4) is 0 Å². The Morgan fingerprint density at radius 3 is 2.11 bits per heavy atom. The van der Waals surface area contributed by atoms with Crippen LogP contribution < -0.4 is 9.64 Å². The van der Waals surface area contributed by atoms with E-state index in [1.807, 2.05) is 72.8 Å². The Morgan fingerprint density at radius 1 is 0.818 bits per heavy atom. The molecule has 8 nitrogen and oxygen atoms in total. The fourth-order valence-electron chi connectivity index (χ4n) is 4.72. The van der Waals surface area contributed by atoms with E-state index in [0.29, 0.717) is 18.7 Å². The molecule has 0 saturated carbocycles. The summed E-state index contributed by atoms with van der Waals surface area (Å²) in [6, 6.07) is 28.4. The summed E-state index contributed by atoms with van der Waals surface area (Å²) in [5.41, 5.74) is 2.46. The van der Waals surface area contributed by atoms with Gasteiger partial charge in [-0.2, -0.15) is 0 Å². The second-order valence-electron chi connectivity index (χ2n) is 11.5. The highest BCUT2D eigenvalue weighted by Gasteiger charge is 2.29. The molecule has 0 atom stereocenters. The van der Waals surface area contributed by atoms with Crippen molar-refractivity contribution < 1.29 is 24.0 Å². The quantitative estimate of drug-likeness (QED) is 0.0705. The lowest BCUT2D eigenvalue weighted by Crippen LogP contribution is -2.34. The van der Waals surface area contributed by atoms with E-state index in [2.05, 4.69) is 6.92 Å². The minimum absolute atomic E-state index is 0.0894. The van der Waals surface area contributed by atoms with Crippen molar-refractivity contribution in [2.45, 2.75) is 59.2 Å². The molecule has 4 aromatic rings. The van der Waals surface area contributed by atoms with Crippen LogP contribution in [0.15, 0.2) is 97.1 Å². The summed E-state index contributed by atoms with van der Waals surface area (Å²) in [5, 5.41) is 11.6. The zero-order chi connectivity index (χ0) is 31.7. The molecule has 228 valence electrons. The summed E-state index contributed by atoms with van der Waals surface area (Å²) >= 11 is 0. The summed E-state index contributed by atoms with van der Waals surface area (Å²) in [5.74, 6) is -0.898. The molecule has 0 aromatic heterocycles. The normalized spacial score (nSPS) is 11.1. The molecule has 0 aliphatic heterocycles. The second-order valence-corrected chi connectivity index (χ2v) is 11.5. The molecule has 0 radical (unpaired) electrons. The smallest absolute Gasteiger partial charge is 0.340 e. The lowest BCUT2D eigenvalue weighted by Gasteiger charge is -2.28. The molecule has 0 aliphatic rings. The van der Waals surface area contributed by atoms with Crippen LogP contribution in [0.4, 0.5) is 11.4 Å². The van der Waals surface area contributed by atoms with Crippen LogP contribution in [0.25, 0.3) is 11.1 Å². The molecule has 0 saturated heterocycles. The Bertz CT molecular complexity index is 1600. The number of esters is 1. The van der Waals surface area contributed by atoms with Gasteiger partial charge in [-0.3, -0.25) is 14.9 Å². The fraction of sp³-hybridized carbons (Fsp3) is 0.278. The molecule has 4 aromatic carbocycles. The Labute approximate surface area is 258 Å². The van der Waals surface area contributed by atoms with Crippen LogP contribution in [-0.4, -0.2) is 28.9 Å². The number of nitro benzene ring substituents is 1. The number of hydrogen-bond acceptors (Lipinski definition) is 6. The van der Waals surface area contributed by atoms with E-state index in [4.69, 9.17) is 9.47 Å². The van der Waals surface area contributed by atoms with Crippen molar-refractivity contribution in [1.29, 1.82) is 0 Å². The van der Waals surface area contributed by atoms with Gasteiger partial charge < -0.3 is 14.4 Å². The van der Waals surface area contributed by atoms with Gasteiger partial charge in [0.1, 0.15) is 18.0 Å². The number of amides is 1. The van der Waals surface area contributed by atoms with Crippen molar-refractivity contribution in [3.8, 4) is 16.9 Å². The number of anilines is 1. The van der Waals surface area contributed by atoms with Gasteiger partial charge in [-0.1, -0.05) is 86.5 Å². The number of carbonyl (C=O) groups is 2. The summed E-state index contributed by atoms with van der Waals surface area (Å²) in [4.78, 5) is 40.7. The van der Waals surface area contributed by atoms with Crippen LogP contribution in [0.5, 0.6) is 5.75 Å². The number of unbranched alkanes of at least 4 members (excludes halogenated alkanes) is 2. The number of nitro groups is 1. The Morgan fingerprint density at radius 2 is 1.48 bits per heavy atom. The standard InChI is InChI=1S/C36H38N2O6/c1-5-6-13-22-37(32-23-28(27-16-11-8-12-17-27)18-20-30(32)35(40)44-36(2,3)4)34(39)31-21-19-29(38(41)42)24-33(31)43-25-26-14-9-7-10-15-26/h7-12,14-21,23-24H,5-6,13,22,25H2,1-4H3. The highest BCUT2D eigenvalue weighted by Crippen LogP contribution is 2.34. The molecular formula is C36H38N2O6. The van der Waals surface area contributed by atoms with Crippen molar-refractivity contribution in [2.75, 3.05) is 11.4 Å². The topological polar surface area (TPSA) is 99.0 Å². The third kappa shape index (κ3) is 8.31. The fourth-order valence-corrected chi connectivity index (χ4v) is 4.72. The molecule has 0 N–H and O–H groups in total. The van der Waals surface area contributed by atoms with Gasteiger partial charge in [0.15, 0.2) is 0 Å². The summed E-state index contributed by atoms with van der Waals surface area (Å²) in [6.45, 7) is 7.88. The molecule has 1 amide bonds. The van der Waals surface area contributed by atoms with Gasteiger partial charge in [-0.05, 0) is 62.1 Å². The molecule has 0 spiro atoms. The summed E-state index contributed by atoms with van der Waals surface area (Å²) in [7, 11) is 0. The number of carbonyl (C=O) groups excluding carboxylic acids is 2. The molecule has 8 heteroatoms. The first-order valence-electron chi connectivity index (χ1n) is 14.8. The maximum Gasteiger partial charge on any atom is 0.340 e. The number of ether oxygens (including phenoxy) is 2. The molecule has 0 heterocycles. The number of non-ortho nitro benzene ring substituents is 1.